The van der Waals surface area contributed by atoms with E-state index >= 15 is 0 Å². The normalized spacial score (nSPS) is 9.73. The number of nitrogen functional groups attached to an aromatic ring is 1. The number of nitrogens with zero attached hydrogens (tertiary/aromatic N) is 2. The lowest BCUT2D eigenvalue weighted by Gasteiger charge is -2.04. The number of hydrazine groups is 1. The van der Waals surface area contributed by atoms with E-state index in [1.54, 1.807) is 0 Å². The highest BCUT2D eigenvalue weighted by molar-refractivity contribution is 6.30. The zero-order valence-corrected chi connectivity index (χ0v) is 6.47. The summed E-state index contributed by atoms with van der Waals surface area (Å²) in [5.41, 5.74) is 8.36. The Morgan fingerprint density at radius 1 is 1.55 bits per heavy atom. The number of nitrogens with one attached hydrogen (secondary N) is 1. The topological polar surface area (TPSA) is 89.8 Å². The molecule has 11 heavy (non-hydrogen) atoms. The van der Waals surface area contributed by atoms with Crippen molar-refractivity contribution in [1.29, 1.82) is 0 Å². The zero-order chi connectivity index (χ0) is 8.27. The van der Waals surface area contributed by atoms with Crippen LogP contribution in [0.25, 0.3) is 0 Å². The molecule has 1 heterocycles. The van der Waals surface area contributed by atoms with Crippen LogP contribution in [0.15, 0.2) is 6.33 Å². The van der Waals surface area contributed by atoms with Gasteiger partial charge in [-0.1, -0.05) is 11.6 Å². The molecule has 1 rings (SSSR count). The van der Waals surface area contributed by atoms with Crippen molar-refractivity contribution in [3.63, 3.8) is 0 Å². The van der Waals surface area contributed by atoms with Gasteiger partial charge in [-0.2, -0.15) is 0 Å². The van der Waals surface area contributed by atoms with E-state index in [9.17, 15) is 0 Å². The molecule has 0 unspecified atom stereocenters. The summed E-state index contributed by atoms with van der Waals surface area (Å²) in [4.78, 5) is 7.55. The summed E-state index contributed by atoms with van der Waals surface area (Å²) in [6.07, 6.45) is 1.32. The third kappa shape index (κ3) is 1.56. The predicted molar refractivity (Wildman–Crippen MR) is 42.7 cm³/mol. The van der Waals surface area contributed by atoms with Gasteiger partial charge < -0.3 is 11.2 Å². The molecule has 6 heteroatoms. The van der Waals surface area contributed by atoms with Gasteiger partial charge in [0.25, 0.3) is 0 Å². The van der Waals surface area contributed by atoms with E-state index in [0.29, 0.717) is 16.5 Å². The van der Waals surface area contributed by atoms with Crippen molar-refractivity contribution in [2.24, 2.45) is 11.6 Å². The molecule has 0 bridgehead atoms. The standard InChI is InChI=1S/C5H8ClN5/c6-4-3(1-7)5(11-8)10-2-9-4/h2H,1,7-8H2,(H,9,10,11). The van der Waals surface area contributed by atoms with Gasteiger partial charge in [-0.05, 0) is 0 Å². The lowest BCUT2D eigenvalue weighted by Crippen LogP contribution is -2.13. The summed E-state index contributed by atoms with van der Waals surface area (Å²) in [6, 6.07) is 0. The fourth-order valence-electron chi connectivity index (χ4n) is 0.696. The molecule has 0 aliphatic carbocycles. The van der Waals surface area contributed by atoms with Crippen molar-refractivity contribution in [1.82, 2.24) is 9.97 Å². The molecule has 0 saturated carbocycles. The van der Waals surface area contributed by atoms with Gasteiger partial charge in [0.15, 0.2) is 0 Å². The van der Waals surface area contributed by atoms with Crippen molar-refractivity contribution in [3.05, 3.63) is 17.0 Å². The quantitative estimate of drug-likeness (QED) is 0.330. The summed E-state index contributed by atoms with van der Waals surface area (Å²) >= 11 is 5.68. The number of halogens is 1. The largest absolute Gasteiger partial charge is 0.326 e. The molecule has 0 atom stereocenters. The molecule has 1 aromatic heterocycles. The number of nitrogens with two attached hydrogens (primary N) is 2. The summed E-state index contributed by atoms with van der Waals surface area (Å²) in [5, 5.41) is 0.329. The molecule has 0 aliphatic heterocycles. The second kappa shape index (κ2) is 3.47. The van der Waals surface area contributed by atoms with Crippen LogP contribution in [0.5, 0.6) is 0 Å². The molecule has 0 spiro atoms. The summed E-state index contributed by atoms with van der Waals surface area (Å²) in [5.74, 6) is 5.61. The molecule has 5 N–H and O–H groups in total. The average molecular weight is 174 g/mol. The molecule has 0 radical (unpaired) electrons. The van der Waals surface area contributed by atoms with Crippen LogP contribution in [0, 0.1) is 0 Å². The van der Waals surface area contributed by atoms with Crippen LogP contribution in [-0.4, -0.2) is 9.97 Å². The summed E-state index contributed by atoms with van der Waals surface area (Å²) in [7, 11) is 0. The monoisotopic (exact) mass is 173 g/mol. The molecule has 0 aromatic carbocycles. The van der Waals surface area contributed by atoms with E-state index in [1.807, 2.05) is 0 Å². The number of anilines is 1. The first-order valence-electron chi connectivity index (χ1n) is 2.95. The van der Waals surface area contributed by atoms with Crippen LogP contribution in [-0.2, 0) is 6.54 Å². The fourth-order valence-corrected chi connectivity index (χ4v) is 0.906. The van der Waals surface area contributed by atoms with Gasteiger partial charge in [0.2, 0.25) is 0 Å². The Hall–Kier alpha value is -0.910. The maximum atomic E-state index is 5.68. The maximum absolute atomic E-state index is 5.68. The molecular weight excluding hydrogens is 166 g/mol. The highest BCUT2D eigenvalue weighted by Gasteiger charge is 2.05. The number of hydrogen-bond donors (Lipinski definition) is 3. The SMILES string of the molecule is NCc1c(Cl)ncnc1NN. The molecule has 5 nitrogen and oxygen atoms in total. The summed E-state index contributed by atoms with van der Waals surface area (Å²) < 4.78 is 0. The highest BCUT2D eigenvalue weighted by Crippen LogP contribution is 2.17. The van der Waals surface area contributed by atoms with Gasteiger partial charge in [0.1, 0.15) is 17.3 Å². The van der Waals surface area contributed by atoms with Crippen molar-refractivity contribution in [3.8, 4) is 0 Å². The third-order valence-corrected chi connectivity index (χ3v) is 1.56. The molecule has 0 amide bonds. The third-order valence-electron chi connectivity index (χ3n) is 1.23. The smallest absolute Gasteiger partial charge is 0.149 e. The predicted octanol–water partition coefficient (Wildman–Crippen LogP) is -0.126. The fraction of sp³-hybridized carbons (Fsp3) is 0.200. The Morgan fingerprint density at radius 2 is 2.27 bits per heavy atom. The van der Waals surface area contributed by atoms with Crippen molar-refractivity contribution < 1.29 is 0 Å². The first kappa shape index (κ1) is 8.19. The Kier molecular flexibility index (Phi) is 2.58. The van der Waals surface area contributed by atoms with E-state index < -0.39 is 0 Å². The van der Waals surface area contributed by atoms with Crippen molar-refractivity contribution in [2.75, 3.05) is 5.43 Å². The highest BCUT2D eigenvalue weighted by atomic mass is 35.5. The Morgan fingerprint density at radius 3 is 2.73 bits per heavy atom. The minimum Gasteiger partial charge on any atom is -0.326 e. The van der Waals surface area contributed by atoms with Crippen LogP contribution in [0.3, 0.4) is 0 Å². The van der Waals surface area contributed by atoms with Crippen LogP contribution >= 0.6 is 11.6 Å². The van der Waals surface area contributed by atoms with Crippen molar-refractivity contribution >= 4 is 17.4 Å². The minimum atomic E-state index is 0.263. The van der Waals surface area contributed by atoms with Crippen LogP contribution in [0.1, 0.15) is 5.56 Å². The molecule has 0 fully saturated rings. The molecule has 1 aromatic rings. The number of hydrogen-bond acceptors (Lipinski definition) is 5. The number of rotatable bonds is 2. The van der Waals surface area contributed by atoms with Gasteiger partial charge in [0, 0.05) is 12.1 Å². The molecule has 0 aliphatic rings. The first-order valence-corrected chi connectivity index (χ1v) is 3.33. The van der Waals surface area contributed by atoms with E-state index in [-0.39, 0.29) is 6.54 Å². The number of aromatic nitrogens is 2. The van der Waals surface area contributed by atoms with E-state index in [2.05, 4.69) is 15.4 Å². The van der Waals surface area contributed by atoms with Crippen molar-refractivity contribution in [2.45, 2.75) is 6.54 Å². The Balaban J connectivity index is 3.13. The van der Waals surface area contributed by atoms with Gasteiger partial charge in [0.05, 0.1) is 0 Å². The van der Waals surface area contributed by atoms with Crippen LogP contribution in [0.4, 0.5) is 5.82 Å². The maximum Gasteiger partial charge on any atom is 0.149 e. The first-order chi connectivity index (χ1) is 5.29. The second-order valence-corrected chi connectivity index (χ2v) is 2.20. The second-order valence-electron chi connectivity index (χ2n) is 1.84. The average Bonchev–Trinajstić information content (AvgIpc) is 2.04. The van der Waals surface area contributed by atoms with Gasteiger partial charge >= 0.3 is 0 Å². The van der Waals surface area contributed by atoms with E-state index in [1.165, 1.54) is 6.33 Å². The summed E-state index contributed by atoms with van der Waals surface area (Å²) in [6.45, 7) is 0.263. The lowest BCUT2D eigenvalue weighted by molar-refractivity contribution is 1.00. The van der Waals surface area contributed by atoms with Gasteiger partial charge in [-0.25, -0.2) is 15.8 Å². The Bertz CT molecular complexity index is 251. The van der Waals surface area contributed by atoms with Crippen LogP contribution < -0.4 is 17.0 Å². The zero-order valence-electron chi connectivity index (χ0n) is 5.71. The minimum absolute atomic E-state index is 0.263. The lowest BCUT2D eigenvalue weighted by atomic mass is 10.3. The van der Waals surface area contributed by atoms with Crippen LogP contribution in [0.2, 0.25) is 5.15 Å². The van der Waals surface area contributed by atoms with E-state index in [0.717, 1.165) is 0 Å². The Labute approximate surface area is 68.7 Å². The van der Waals surface area contributed by atoms with Gasteiger partial charge in [-0.15, -0.1) is 0 Å². The molecule has 60 valence electrons. The molecular formula is C5H8ClN5. The molecule has 0 saturated heterocycles. The van der Waals surface area contributed by atoms with E-state index in [4.69, 9.17) is 23.2 Å². The van der Waals surface area contributed by atoms with Gasteiger partial charge in [-0.3, -0.25) is 0 Å².